The maximum atomic E-state index is 12.6. The van der Waals surface area contributed by atoms with Crippen molar-refractivity contribution in [1.82, 2.24) is 9.88 Å². The van der Waals surface area contributed by atoms with Crippen molar-refractivity contribution in [3.05, 3.63) is 58.4 Å². The predicted octanol–water partition coefficient (Wildman–Crippen LogP) is 3.28. The molecule has 0 unspecified atom stereocenters. The summed E-state index contributed by atoms with van der Waals surface area (Å²) in [5, 5.41) is 3.34. The average Bonchev–Trinajstić information content (AvgIpc) is 2.49. The van der Waals surface area contributed by atoms with Crippen LogP contribution in [0.3, 0.4) is 0 Å². The molecule has 0 spiro atoms. The monoisotopic (exact) mass is 284 g/mol. The summed E-state index contributed by atoms with van der Waals surface area (Å²) in [5.41, 5.74) is 3.00. The summed E-state index contributed by atoms with van der Waals surface area (Å²) in [7, 11) is 0. The molecule has 0 aliphatic rings. The Bertz CT molecular complexity index is 629. The number of aromatic nitrogens is 1. The van der Waals surface area contributed by atoms with E-state index in [2.05, 4.69) is 19.2 Å². The van der Waals surface area contributed by atoms with Gasteiger partial charge in [-0.1, -0.05) is 50.2 Å². The molecule has 1 aromatic heterocycles. The minimum atomic E-state index is 0.107. The van der Waals surface area contributed by atoms with E-state index in [0.717, 1.165) is 23.4 Å². The summed E-state index contributed by atoms with van der Waals surface area (Å²) < 4.78 is 1.85. The molecule has 0 saturated heterocycles. The Morgan fingerprint density at radius 2 is 1.81 bits per heavy atom. The lowest BCUT2D eigenvalue weighted by Crippen LogP contribution is -2.29. The van der Waals surface area contributed by atoms with Crippen molar-refractivity contribution in [2.24, 2.45) is 5.92 Å². The van der Waals surface area contributed by atoms with Gasteiger partial charge in [0.15, 0.2) is 0 Å². The Morgan fingerprint density at radius 3 is 2.43 bits per heavy atom. The molecular formula is C18H24N2O. The summed E-state index contributed by atoms with van der Waals surface area (Å²) in [6.45, 7) is 8.57. The molecule has 0 atom stereocenters. The zero-order valence-corrected chi connectivity index (χ0v) is 13.1. The van der Waals surface area contributed by atoms with E-state index in [0.29, 0.717) is 19.0 Å². The highest BCUT2D eigenvalue weighted by Gasteiger charge is 2.09. The van der Waals surface area contributed by atoms with E-state index in [-0.39, 0.29) is 5.56 Å². The first-order valence-electron chi connectivity index (χ1n) is 7.62. The standard InChI is InChI=1S/C18H24N2O/c1-4-20-17(15-8-6-5-7-9-15)11-10-16(18(20)21)13-19-12-14(2)3/h5-11,14,19H,4,12-13H2,1-3H3. The van der Waals surface area contributed by atoms with E-state index >= 15 is 0 Å². The molecule has 0 aliphatic heterocycles. The molecule has 0 fully saturated rings. The van der Waals surface area contributed by atoms with Crippen LogP contribution in [0.4, 0.5) is 0 Å². The van der Waals surface area contributed by atoms with Gasteiger partial charge in [-0.2, -0.15) is 0 Å². The molecule has 112 valence electrons. The van der Waals surface area contributed by atoms with E-state index in [9.17, 15) is 4.79 Å². The summed E-state index contributed by atoms with van der Waals surface area (Å²) in [5.74, 6) is 0.585. The first-order valence-corrected chi connectivity index (χ1v) is 7.62. The average molecular weight is 284 g/mol. The van der Waals surface area contributed by atoms with Crippen LogP contribution in [0.25, 0.3) is 11.3 Å². The molecule has 0 aliphatic carbocycles. The number of nitrogens with one attached hydrogen (secondary N) is 1. The third-order valence-corrected chi connectivity index (χ3v) is 3.51. The topological polar surface area (TPSA) is 34.0 Å². The minimum absolute atomic E-state index is 0.107. The number of nitrogens with zero attached hydrogens (tertiary/aromatic N) is 1. The lowest BCUT2D eigenvalue weighted by molar-refractivity contribution is 0.548. The molecule has 1 aromatic carbocycles. The fraction of sp³-hybridized carbons (Fsp3) is 0.389. The first-order chi connectivity index (χ1) is 10.1. The van der Waals surface area contributed by atoms with Crippen molar-refractivity contribution in [2.45, 2.75) is 33.9 Å². The Balaban J connectivity index is 2.31. The lowest BCUT2D eigenvalue weighted by Gasteiger charge is -2.14. The van der Waals surface area contributed by atoms with E-state index in [1.165, 1.54) is 0 Å². The first kappa shape index (κ1) is 15.5. The number of benzene rings is 1. The van der Waals surface area contributed by atoms with Gasteiger partial charge in [-0.25, -0.2) is 0 Å². The van der Waals surface area contributed by atoms with Crippen molar-refractivity contribution in [2.75, 3.05) is 6.54 Å². The molecule has 3 nitrogen and oxygen atoms in total. The second-order valence-electron chi connectivity index (χ2n) is 5.68. The molecule has 21 heavy (non-hydrogen) atoms. The molecule has 0 bridgehead atoms. The highest BCUT2D eigenvalue weighted by molar-refractivity contribution is 5.59. The van der Waals surface area contributed by atoms with Gasteiger partial charge < -0.3 is 9.88 Å². The molecular weight excluding hydrogens is 260 g/mol. The highest BCUT2D eigenvalue weighted by Crippen LogP contribution is 2.17. The van der Waals surface area contributed by atoms with E-state index in [4.69, 9.17) is 0 Å². The van der Waals surface area contributed by atoms with Crippen molar-refractivity contribution in [3.63, 3.8) is 0 Å². The maximum Gasteiger partial charge on any atom is 0.255 e. The fourth-order valence-electron chi connectivity index (χ4n) is 2.43. The normalized spacial score (nSPS) is 11.0. The van der Waals surface area contributed by atoms with Crippen molar-refractivity contribution in [1.29, 1.82) is 0 Å². The smallest absolute Gasteiger partial charge is 0.255 e. The van der Waals surface area contributed by atoms with Gasteiger partial charge in [0.25, 0.3) is 5.56 Å². The van der Waals surface area contributed by atoms with Crippen LogP contribution in [0, 0.1) is 5.92 Å². The minimum Gasteiger partial charge on any atom is -0.312 e. The van der Waals surface area contributed by atoms with Gasteiger partial charge in [-0.15, -0.1) is 0 Å². The quantitative estimate of drug-likeness (QED) is 0.883. The van der Waals surface area contributed by atoms with Gasteiger partial charge in [0.05, 0.1) is 5.69 Å². The Labute approximate surface area is 126 Å². The molecule has 3 heteroatoms. The van der Waals surface area contributed by atoms with Gasteiger partial charge in [0.2, 0.25) is 0 Å². The van der Waals surface area contributed by atoms with Gasteiger partial charge in [0.1, 0.15) is 0 Å². The van der Waals surface area contributed by atoms with Gasteiger partial charge in [-0.05, 0) is 31.0 Å². The zero-order chi connectivity index (χ0) is 15.2. The third kappa shape index (κ3) is 3.82. The fourth-order valence-corrected chi connectivity index (χ4v) is 2.43. The lowest BCUT2D eigenvalue weighted by atomic mass is 10.1. The molecule has 2 rings (SSSR count). The second-order valence-corrected chi connectivity index (χ2v) is 5.68. The van der Waals surface area contributed by atoms with Crippen LogP contribution in [-0.4, -0.2) is 11.1 Å². The van der Waals surface area contributed by atoms with Crippen LogP contribution < -0.4 is 10.9 Å². The predicted molar refractivity (Wildman–Crippen MR) is 88.4 cm³/mol. The van der Waals surface area contributed by atoms with Crippen molar-refractivity contribution >= 4 is 0 Å². The van der Waals surface area contributed by atoms with E-state index in [1.807, 2.05) is 54.0 Å². The number of hydrogen-bond acceptors (Lipinski definition) is 2. The summed E-state index contributed by atoms with van der Waals surface area (Å²) in [4.78, 5) is 12.6. The van der Waals surface area contributed by atoms with Gasteiger partial charge >= 0.3 is 0 Å². The second kappa shape index (κ2) is 7.23. The molecule has 0 amide bonds. The molecule has 0 radical (unpaired) electrons. The largest absolute Gasteiger partial charge is 0.312 e. The SMILES string of the molecule is CCn1c(-c2ccccc2)ccc(CNCC(C)C)c1=O. The third-order valence-electron chi connectivity index (χ3n) is 3.51. The van der Waals surface area contributed by atoms with Crippen LogP contribution in [0.2, 0.25) is 0 Å². The Morgan fingerprint density at radius 1 is 1.10 bits per heavy atom. The highest BCUT2D eigenvalue weighted by atomic mass is 16.1. The number of pyridine rings is 1. The van der Waals surface area contributed by atoms with Crippen LogP contribution in [0.15, 0.2) is 47.3 Å². The van der Waals surface area contributed by atoms with Crippen LogP contribution >= 0.6 is 0 Å². The van der Waals surface area contributed by atoms with Crippen LogP contribution in [-0.2, 0) is 13.1 Å². The number of rotatable bonds is 6. The summed E-state index contributed by atoms with van der Waals surface area (Å²) >= 11 is 0. The van der Waals surface area contributed by atoms with Gasteiger partial charge in [0, 0.05) is 18.7 Å². The van der Waals surface area contributed by atoms with Crippen LogP contribution in [0.1, 0.15) is 26.3 Å². The molecule has 1 heterocycles. The molecule has 0 saturated carbocycles. The molecule has 2 aromatic rings. The summed E-state index contributed by atoms with van der Waals surface area (Å²) in [6, 6.07) is 14.1. The Hall–Kier alpha value is -1.87. The number of hydrogen-bond donors (Lipinski definition) is 1. The van der Waals surface area contributed by atoms with E-state index < -0.39 is 0 Å². The van der Waals surface area contributed by atoms with Crippen LogP contribution in [0.5, 0.6) is 0 Å². The van der Waals surface area contributed by atoms with Crippen molar-refractivity contribution < 1.29 is 0 Å². The van der Waals surface area contributed by atoms with Crippen molar-refractivity contribution in [3.8, 4) is 11.3 Å². The zero-order valence-electron chi connectivity index (χ0n) is 13.1. The maximum absolute atomic E-state index is 12.6. The van der Waals surface area contributed by atoms with E-state index in [1.54, 1.807) is 0 Å². The Kier molecular flexibility index (Phi) is 5.34. The molecule has 1 N–H and O–H groups in total. The van der Waals surface area contributed by atoms with Gasteiger partial charge in [-0.3, -0.25) is 4.79 Å². The summed E-state index contributed by atoms with van der Waals surface area (Å²) in [6.07, 6.45) is 0.